The highest BCUT2D eigenvalue weighted by molar-refractivity contribution is 5.98. The maximum atomic E-state index is 14.6. The molecule has 1 aliphatic rings. The van der Waals surface area contributed by atoms with Gasteiger partial charge in [0.15, 0.2) is 0 Å². The third kappa shape index (κ3) is 4.51. The molecule has 33 heavy (non-hydrogen) atoms. The molecule has 0 amide bonds. The number of ether oxygens (including phenoxy) is 1. The van der Waals surface area contributed by atoms with Crippen molar-refractivity contribution in [3.63, 3.8) is 0 Å². The van der Waals surface area contributed by atoms with Gasteiger partial charge in [-0.2, -0.15) is 0 Å². The zero-order valence-electron chi connectivity index (χ0n) is 19.0. The summed E-state index contributed by atoms with van der Waals surface area (Å²) in [5.74, 6) is 0.332. The van der Waals surface area contributed by atoms with Gasteiger partial charge in [0, 0.05) is 48.4 Å². The molecule has 4 heteroatoms. The lowest BCUT2D eigenvalue weighted by atomic mass is 9.92. The number of aromatic nitrogens is 1. The van der Waals surface area contributed by atoms with Gasteiger partial charge in [-0.15, -0.1) is 0 Å². The average molecular weight is 441 g/mol. The summed E-state index contributed by atoms with van der Waals surface area (Å²) in [6.45, 7) is 4.25. The van der Waals surface area contributed by atoms with Gasteiger partial charge in [0.1, 0.15) is 18.2 Å². The number of nitrogens with zero attached hydrogens (tertiary/aromatic N) is 1. The first-order chi connectivity index (χ1) is 16.2. The minimum Gasteiger partial charge on any atom is -0.488 e. The maximum absolute atomic E-state index is 14.6. The van der Waals surface area contributed by atoms with Crippen LogP contribution in [-0.4, -0.2) is 11.1 Å². The summed E-state index contributed by atoms with van der Waals surface area (Å²) in [7, 11) is 0. The number of nitrogens with one attached hydrogen (secondary N) is 1. The summed E-state index contributed by atoms with van der Waals surface area (Å²) in [5, 5.41) is 4.65. The van der Waals surface area contributed by atoms with Gasteiger partial charge in [-0.1, -0.05) is 60.7 Å². The quantitative estimate of drug-likeness (QED) is 0.345. The van der Waals surface area contributed by atoms with E-state index in [0.29, 0.717) is 12.4 Å². The van der Waals surface area contributed by atoms with Crippen molar-refractivity contribution in [1.82, 2.24) is 9.88 Å². The Morgan fingerprint density at radius 3 is 2.42 bits per heavy atom. The van der Waals surface area contributed by atoms with Crippen LogP contribution in [0.3, 0.4) is 0 Å². The Morgan fingerprint density at radius 2 is 1.70 bits per heavy atom. The zero-order valence-corrected chi connectivity index (χ0v) is 19.0. The van der Waals surface area contributed by atoms with Crippen molar-refractivity contribution in [2.45, 2.75) is 39.3 Å². The first-order valence-electron chi connectivity index (χ1n) is 11.7. The van der Waals surface area contributed by atoms with Crippen molar-refractivity contribution in [3.8, 4) is 5.75 Å². The summed E-state index contributed by atoms with van der Waals surface area (Å²) < 4.78 is 23.0. The van der Waals surface area contributed by atoms with E-state index in [2.05, 4.69) is 47.3 Å². The predicted molar refractivity (Wildman–Crippen MR) is 133 cm³/mol. The van der Waals surface area contributed by atoms with Gasteiger partial charge >= 0.3 is 0 Å². The Kier molecular flexibility index (Phi) is 6.16. The first-order valence-corrected chi connectivity index (χ1v) is 11.7. The lowest BCUT2D eigenvalue weighted by Gasteiger charge is -2.23. The molecule has 0 aliphatic carbocycles. The minimum absolute atomic E-state index is 0.273. The Labute approximate surface area is 194 Å². The van der Waals surface area contributed by atoms with Gasteiger partial charge in [-0.3, -0.25) is 0 Å². The van der Waals surface area contributed by atoms with Crippen molar-refractivity contribution >= 4 is 16.5 Å². The van der Waals surface area contributed by atoms with E-state index < -0.39 is 0 Å². The number of aryl methyl sites for hydroxylation is 1. The van der Waals surface area contributed by atoms with Crippen LogP contribution in [0.5, 0.6) is 5.75 Å². The Hall–Kier alpha value is -3.53. The highest BCUT2D eigenvalue weighted by Gasteiger charge is 2.22. The molecular formula is C29H29FN2O. The molecule has 0 unspecified atom stereocenters. The van der Waals surface area contributed by atoms with Crippen LogP contribution < -0.4 is 10.1 Å². The van der Waals surface area contributed by atoms with Gasteiger partial charge in [0.2, 0.25) is 0 Å². The fourth-order valence-electron chi connectivity index (χ4n) is 4.72. The van der Waals surface area contributed by atoms with Crippen LogP contribution >= 0.6 is 0 Å². The van der Waals surface area contributed by atoms with Crippen molar-refractivity contribution in [2.24, 2.45) is 0 Å². The molecule has 4 aromatic rings. The highest BCUT2D eigenvalue weighted by atomic mass is 19.1. The van der Waals surface area contributed by atoms with E-state index >= 15 is 0 Å². The van der Waals surface area contributed by atoms with Crippen molar-refractivity contribution in [3.05, 3.63) is 107 Å². The number of benzene rings is 3. The molecule has 3 aromatic carbocycles. The smallest absolute Gasteiger partial charge is 0.132 e. The number of fused-ring (bicyclic) bond motifs is 1. The SMILES string of the molecule is CCn1cc(C2=C(Cc3ccccc3)NCCC2)c2c(OCc3ccccc3)cc(F)cc21. The van der Waals surface area contributed by atoms with Crippen LogP contribution in [0.25, 0.3) is 16.5 Å². The molecule has 0 fully saturated rings. The predicted octanol–water partition coefficient (Wildman–Crippen LogP) is 6.72. The van der Waals surface area contributed by atoms with Gasteiger partial charge in [-0.25, -0.2) is 4.39 Å². The molecule has 0 atom stereocenters. The fourth-order valence-corrected chi connectivity index (χ4v) is 4.72. The second-order valence-electron chi connectivity index (χ2n) is 8.55. The van der Waals surface area contributed by atoms with E-state index in [1.54, 1.807) is 6.07 Å². The molecule has 1 N–H and O–H groups in total. The Morgan fingerprint density at radius 1 is 0.970 bits per heavy atom. The van der Waals surface area contributed by atoms with Gasteiger partial charge < -0.3 is 14.6 Å². The standard InChI is InChI=1S/C29H29FN2O/c1-2-32-19-25(24-14-9-15-31-26(24)16-21-10-5-3-6-11-21)29-27(32)17-23(30)18-28(29)33-20-22-12-7-4-8-13-22/h3-8,10-13,17-19,31H,2,9,14-16,20H2,1H3. The summed E-state index contributed by atoms with van der Waals surface area (Å²) in [6, 6.07) is 23.7. The summed E-state index contributed by atoms with van der Waals surface area (Å²) in [5.41, 5.74) is 6.93. The van der Waals surface area contributed by atoms with Crippen molar-refractivity contribution in [1.29, 1.82) is 0 Å². The average Bonchev–Trinajstić information content (AvgIpc) is 3.22. The normalized spacial score (nSPS) is 13.9. The van der Waals surface area contributed by atoms with E-state index in [1.807, 2.05) is 36.4 Å². The molecule has 1 aliphatic heterocycles. The van der Waals surface area contributed by atoms with E-state index in [0.717, 1.165) is 54.4 Å². The number of hydrogen-bond acceptors (Lipinski definition) is 2. The third-order valence-electron chi connectivity index (χ3n) is 6.34. The monoisotopic (exact) mass is 440 g/mol. The number of halogens is 1. The lowest BCUT2D eigenvalue weighted by Crippen LogP contribution is -2.22. The topological polar surface area (TPSA) is 26.2 Å². The molecule has 168 valence electrons. The number of rotatable bonds is 7. The van der Waals surface area contributed by atoms with Crippen molar-refractivity contribution < 1.29 is 9.13 Å². The summed E-state index contributed by atoms with van der Waals surface area (Å²) in [4.78, 5) is 0. The van der Waals surface area contributed by atoms with Crippen LogP contribution in [0.4, 0.5) is 4.39 Å². The Balaban J connectivity index is 1.62. The van der Waals surface area contributed by atoms with Crippen LogP contribution in [0.2, 0.25) is 0 Å². The van der Waals surface area contributed by atoms with Crippen LogP contribution in [0.15, 0.2) is 84.7 Å². The molecule has 5 rings (SSSR count). The first kappa shape index (κ1) is 21.3. The molecular weight excluding hydrogens is 411 g/mol. The largest absolute Gasteiger partial charge is 0.488 e. The molecule has 0 saturated heterocycles. The van der Waals surface area contributed by atoms with Gasteiger partial charge in [0.25, 0.3) is 0 Å². The molecule has 0 saturated carbocycles. The molecule has 3 nitrogen and oxygen atoms in total. The molecule has 1 aromatic heterocycles. The molecule has 2 heterocycles. The fraction of sp³-hybridized carbons (Fsp3) is 0.241. The van der Waals surface area contributed by atoms with Crippen LogP contribution in [0.1, 0.15) is 36.5 Å². The molecule has 0 bridgehead atoms. The van der Waals surface area contributed by atoms with E-state index in [4.69, 9.17) is 4.74 Å². The zero-order chi connectivity index (χ0) is 22.6. The van der Waals surface area contributed by atoms with E-state index in [9.17, 15) is 4.39 Å². The van der Waals surface area contributed by atoms with Gasteiger partial charge in [-0.05, 0) is 42.5 Å². The Bertz CT molecular complexity index is 1280. The van der Waals surface area contributed by atoms with Gasteiger partial charge in [0.05, 0.1) is 5.52 Å². The molecule has 0 spiro atoms. The third-order valence-corrected chi connectivity index (χ3v) is 6.34. The maximum Gasteiger partial charge on any atom is 0.132 e. The second-order valence-corrected chi connectivity index (χ2v) is 8.55. The van der Waals surface area contributed by atoms with Crippen molar-refractivity contribution in [2.75, 3.05) is 6.54 Å². The van der Waals surface area contributed by atoms with Crippen LogP contribution in [-0.2, 0) is 19.6 Å². The number of allylic oxidation sites excluding steroid dienone is 2. The molecule has 0 radical (unpaired) electrons. The summed E-state index contributed by atoms with van der Waals surface area (Å²) in [6.07, 6.45) is 5.10. The van der Waals surface area contributed by atoms with E-state index in [1.165, 1.54) is 22.9 Å². The highest BCUT2D eigenvalue weighted by Crippen LogP contribution is 2.39. The van der Waals surface area contributed by atoms with E-state index in [-0.39, 0.29) is 5.82 Å². The minimum atomic E-state index is -0.273. The van der Waals surface area contributed by atoms with Crippen LogP contribution in [0, 0.1) is 5.82 Å². The number of hydrogen-bond donors (Lipinski definition) is 1. The summed E-state index contributed by atoms with van der Waals surface area (Å²) >= 11 is 0. The lowest BCUT2D eigenvalue weighted by molar-refractivity contribution is 0.308. The second kappa shape index (κ2) is 9.53.